The lowest BCUT2D eigenvalue weighted by Gasteiger charge is -2.28. The van der Waals surface area contributed by atoms with Gasteiger partial charge in [-0.1, -0.05) is 125 Å². The molecule has 4 aromatic carbocycles. The summed E-state index contributed by atoms with van der Waals surface area (Å²) in [4.78, 5) is 13.4. The van der Waals surface area contributed by atoms with E-state index in [1.54, 1.807) is 12.1 Å². The van der Waals surface area contributed by atoms with Crippen molar-refractivity contribution in [3.05, 3.63) is 130 Å². The summed E-state index contributed by atoms with van der Waals surface area (Å²) in [6, 6.07) is 30.9. The quantitative estimate of drug-likeness (QED) is 0.245. The van der Waals surface area contributed by atoms with Crippen LogP contribution in [0.4, 0.5) is 0 Å². The van der Waals surface area contributed by atoms with Crippen molar-refractivity contribution in [3.8, 4) is 22.6 Å². The van der Waals surface area contributed by atoms with Gasteiger partial charge < -0.3 is 13.9 Å². The summed E-state index contributed by atoms with van der Waals surface area (Å²) in [5, 5.41) is 0.451. The van der Waals surface area contributed by atoms with Crippen LogP contribution < -0.4 is 14.9 Å². The Hall–Kier alpha value is -4.31. The van der Waals surface area contributed by atoms with Gasteiger partial charge in [0.05, 0.1) is 10.9 Å². The highest BCUT2D eigenvalue weighted by atomic mass is 16.7. The molecule has 0 atom stereocenters. The maximum absolute atomic E-state index is 13.4. The van der Waals surface area contributed by atoms with E-state index < -0.39 is 5.79 Å². The van der Waals surface area contributed by atoms with Gasteiger partial charge in [0.2, 0.25) is 11.2 Å². The molecule has 1 aromatic heterocycles. The molecule has 0 N–H and O–H groups in total. The normalized spacial score (nSPS) is 12.7. The van der Waals surface area contributed by atoms with Gasteiger partial charge in [-0.15, -0.1) is 0 Å². The van der Waals surface area contributed by atoms with Crippen LogP contribution in [0.15, 0.2) is 113 Å². The molecule has 0 radical (unpaired) electrons. The Morgan fingerprint density at radius 2 is 1.26 bits per heavy atom. The van der Waals surface area contributed by atoms with Gasteiger partial charge >= 0.3 is 5.79 Å². The average Bonchev–Trinajstić information content (AvgIpc) is 3.38. The lowest BCUT2D eigenvalue weighted by Crippen LogP contribution is -2.36. The van der Waals surface area contributed by atoms with Crippen LogP contribution in [0.5, 0.6) is 11.5 Å². The minimum atomic E-state index is -1.17. The van der Waals surface area contributed by atoms with Crippen molar-refractivity contribution in [1.29, 1.82) is 0 Å². The third-order valence-electron chi connectivity index (χ3n) is 6.03. The third-order valence-corrected chi connectivity index (χ3v) is 6.03. The largest absolute Gasteiger partial charge is 0.459 e. The number of hydrogen-bond acceptors (Lipinski definition) is 4. The standard InChI is InChI=1S/C29H20O4.C3H8.C2H6/c1-19-12-14-20(15-13-19)24-18-31-27-23(26(24)30)16-17-25-28(27)33-29(32-25,21-8-4-2-5-9-21)22-10-6-3-7-11-22;1-3-2;1-2/h2-18H,1H3;3H2,1-2H3;1-2H3. The Balaban J connectivity index is 0.000000630. The predicted octanol–water partition coefficient (Wildman–Crippen LogP) is 8.88. The highest BCUT2D eigenvalue weighted by molar-refractivity contribution is 5.88. The van der Waals surface area contributed by atoms with Crippen molar-refractivity contribution in [2.24, 2.45) is 0 Å². The van der Waals surface area contributed by atoms with E-state index >= 15 is 0 Å². The number of aryl methyl sites for hydroxylation is 1. The van der Waals surface area contributed by atoms with Gasteiger partial charge in [-0.2, -0.15) is 0 Å². The molecule has 38 heavy (non-hydrogen) atoms. The van der Waals surface area contributed by atoms with E-state index in [0.717, 1.165) is 22.3 Å². The van der Waals surface area contributed by atoms with Crippen molar-refractivity contribution < 1.29 is 13.9 Å². The number of benzene rings is 4. The fourth-order valence-electron chi connectivity index (χ4n) is 4.30. The first-order valence-corrected chi connectivity index (χ1v) is 13.2. The molecule has 0 spiro atoms. The average molecular weight is 507 g/mol. The van der Waals surface area contributed by atoms with Crippen LogP contribution in [0.2, 0.25) is 0 Å². The maximum atomic E-state index is 13.4. The summed E-state index contributed by atoms with van der Waals surface area (Å²) >= 11 is 0. The summed E-state index contributed by atoms with van der Waals surface area (Å²) in [6.07, 6.45) is 2.75. The van der Waals surface area contributed by atoms with Gasteiger partial charge in [-0.3, -0.25) is 4.79 Å². The molecule has 0 unspecified atom stereocenters. The summed E-state index contributed by atoms with van der Waals surface area (Å²) in [7, 11) is 0. The second kappa shape index (κ2) is 11.8. The molecule has 0 bridgehead atoms. The topological polar surface area (TPSA) is 48.7 Å². The second-order valence-electron chi connectivity index (χ2n) is 8.87. The highest BCUT2D eigenvalue weighted by Crippen LogP contribution is 2.50. The number of hydrogen-bond donors (Lipinski definition) is 0. The van der Waals surface area contributed by atoms with Gasteiger partial charge in [0.15, 0.2) is 11.3 Å². The van der Waals surface area contributed by atoms with E-state index in [1.165, 1.54) is 12.7 Å². The van der Waals surface area contributed by atoms with E-state index in [0.29, 0.717) is 28.0 Å². The van der Waals surface area contributed by atoms with Crippen molar-refractivity contribution in [2.75, 3.05) is 0 Å². The SMILES string of the molecule is CC.CCC.Cc1ccc(-c2coc3c4c(ccc3c2=O)OC(c2ccccc2)(c2ccccc2)O4)cc1. The monoisotopic (exact) mass is 506 g/mol. The van der Waals surface area contributed by atoms with Crippen molar-refractivity contribution in [1.82, 2.24) is 0 Å². The van der Waals surface area contributed by atoms with Crippen LogP contribution in [0, 0.1) is 6.92 Å². The van der Waals surface area contributed by atoms with Crippen LogP contribution in [0.3, 0.4) is 0 Å². The Labute approximate surface area is 224 Å². The fraction of sp³-hybridized carbons (Fsp3) is 0.206. The Kier molecular flexibility index (Phi) is 8.32. The molecule has 2 heterocycles. The Morgan fingerprint density at radius 3 is 1.82 bits per heavy atom. The van der Waals surface area contributed by atoms with Crippen LogP contribution in [-0.4, -0.2) is 0 Å². The van der Waals surface area contributed by atoms with Gasteiger partial charge in [0.1, 0.15) is 6.26 Å². The molecule has 6 rings (SSSR count). The molecule has 4 heteroatoms. The number of fused-ring (bicyclic) bond motifs is 3. The maximum Gasteiger partial charge on any atom is 0.305 e. The zero-order valence-electron chi connectivity index (χ0n) is 22.7. The zero-order valence-corrected chi connectivity index (χ0v) is 22.7. The van der Waals surface area contributed by atoms with E-state index in [1.807, 2.05) is 106 Å². The molecular formula is C34H34O4. The second-order valence-corrected chi connectivity index (χ2v) is 8.87. The fourth-order valence-corrected chi connectivity index (χ4v) is 4.30. The minimum Gasteiger partial charge on any atom is -0.459 e. The van der Waals surface area contributed by atoms with Crippen molar-refractivity contribution >= 4 is 11.0 Å². The molecule has 1 aliphatic rings. The van der Waals surface area contributed by atoms with Gasteiger partial charge in [0.25, 0.3) is 0 Å². The third kappa shape index (κ3) is 4.95. The number of ether oxygens (including phenoxy) is 2. The van der Waals surface area contributed by atoms with Crippen LogP contribution in [-0.2, 0) is 5.79 Å². The van der Waals surface area contributed by atoms with Gasteiger partial charge in [-0.25, -0.2) is 0 Å². The lowest BCUT2D eigenvalue weighted by molar-refractivity contribution is -0.0456. The Bertz CT molecular complexity index is 1500. The van der Waals surface area contributed by atoms with Gasteiger partial charge in [-0.05, 0) is 24.6 Å². The van der Waals surface area contributed by atoms with E-state index in [9.17, 15) is 4.79 Å². The lowest BCUT2D eigenvalue weighted by atomic mass is 9.97. The van der Waals surface area contributed by atoms with E-state index in [-0.39, 0.29) is 5.43 Å². The number of rotatable bonds is 3. The summed E-state index contributed by atoms with van der Waals surface area (Å²) in [5.74, 6) is -0.220. The van der Waals surface area contributed by atoms with E-state index in [2.05, 4.69) is 13.8 Å². The van der Waals surface area contributed by atoms with Crippen LogP contribution in [0.25, 0.3) is 22.1 Å². The molecule has 0 fully saturated rings. The smallest absolute Gasteiger partial charge is 0.305 e. The highest BCUT2D eigenvalue weighted by Gasteiger charge is 2.46. The Morgan fingerprint density at radius 1 is 0.711 bits per heavy atom. The van der Waals surface area contributed by atoms with Crippen LogP contribution >= 0.6 is 0 Å². The van der Waals surface area contributed by atoms with Crippen LogP contribution in [0.1, 0.15) is 50.8 Å². The van der Waals surface area contributed by atoms with Crippen molar-refractivity contribution in [2.45, 2.75) is 46.8 Å². The van der Waals surface area contributed by atoms with Crippen molar-refractivity contribution in [3.63, 3.8) is 0 Å². The first-order chi connectivity index (χ1) is 18.6. The molecule has 1 aliphatic heterocycles. The predicted molar refractivity (Wildman–Crippen MR) is 155 cm³/mol. The molecular weight excluding hydrogens is 472 g/mol. The summed E-state index contributed by atoms with van der Waals surface area (Å²) in [5.41, 5.74) is 4.42. The first kappa shape index (κ1) is 26.7. The van der Waals surface area contributed by atoms with Gasteiger partial charge in [0, 0.05) is 11.1 Å². The molecule has 0 saturated carbocycles. The van der Waals surface area contributed by atoms with E-state index in [4.69, 9.17) is 13.9 Å². The summed E-state index contributed by atoms with van der Waals surface area (Å²) < 4.78 is 19.0. The molecule has 5 aromatic rings. The first-order valence-electron chi connectivity index (χ1n) is 13.2. The summed E-state index contributed by atoms with van der Waals surface area (Å²) in [6.45, 7) is 10.3. The molecule has 0 amide bonds. The zero-order chi connectivity index (χ0) is 27.1. The molecule has 4 nitrogen and oxygen atoms in total. The minimum absolute atomic E-state index is 0.108. The molecule has 0 saturated heterocycles. The molecule has 194 valence electrons. The molecule has 0 aliphatic carbocycles.